The zero-order chi connectivity index (χ0) is 25.8. The molecule has 1 amide bonds. The average Bonchev–Trinajstić information content (AvgIpc) is 2.79. The Morgan fingerprint density at radius 3 is 1.86 bits per heavy atom. The van der Waals surface area contributed by atoms with Crippen LogP contribution in [-0.4, -0.2) is 41.3 Å². The molecule has 0 fully saturated rings. The summed E-state index contributed by atoms with van der Waals surface area (Å²) < 4.78 is 55.3. The van der Waals surface area contributed by atoms with Gasteiger partial charge in [-0.3, -0.25) is 9.10 Å². The number of benzene rings is 3. The molecule has 0 saturated heterocycles. The van der Waals surface area contributed by atoms with E-state index in [-0.39, 0.29) is 4.90 Å². The van der Waals surface area contributed by atoms with Gasteiger partial charge in [-0.25, -0.2) is 16.8 Å². The molecule has 10 heteroatoms. The van der Waals surface area contributed by atoms with Crippen molar-refractivity contribution in [2.24, 2.45) is 0 Å². The highest BCUT2D eigenvalue weighted by molar-refractivity contribution is 7.92. The third-order valence-corrected chi connectivity index (χ3v) is 7.70. The number of anilines is 1. The third-order valence-electron chi connectivity index (χ3n) is 5.33. The molecule has 3 rings (SSSR count). The fourth-order valence-corrected chi connectivity index (χ4v) is 5.32. The van der Waals surface area contributed by atoms with Crippen LogP contribution in [0.1, 0.15) is 25.5 Å². The van der Waals surface area contributed by atoms with Crippen molar-refractivity contribution >= 4 is 31.5 Å². The Hall–Kier alpha value is -3.37. The first-order valence-corrected chi connectivity index (χ1v) is 14.5. The van der Waals surface area contributed by atoms with E-state index in [9.17, 15) is 21.6 Å². The van der Waals surface area contributed by atoms with Crippen molar-refractivity contribution in [2.75, 3.05) is 16.8 Å². The molecule has 2 atom stereocenters. The number of carbonyl (C=O) groups excluding carboxylic acids is 1. The number of ether oxygens (including phenoxy) is 1. The second-order valence-corrected chi connectivity index (χ2v) is 12.1. The van der Waals surface area contributed by atoms with Crippen LogP contribution in [0.3, 0.4) is 0 Å². The second kappa shape index (κ2) is 10.5. The van der Waals surface area contributed by atoms with Crippen molar-refractivity contribution in [1.29, 1.82) is 0 Å². The number of rotatable bonds is 9. The minimum absolute atomic E-state index is 0.177. The first-order chi connectivity index (χ1) is 16.4. The molecule has 3 aromatic carbocycles. The number of para-hydroxylation sites is 1. The summed E-state index contributed by atoms with van der Waals surface area (Å²) in [5, 5.41) is 2.80. The number of hydrogen-bond acceptors (Lipinski definition) is 6. The highest BCUT2D eigenvalue weighted by atomic mass is 32.2. The molecule has 35 heavy (non-hydrogen) atoms. The second-order valence-electron chi connectivity index (χ2n) is 8.22. The van der Waals surface area contributed by atoms with Crippen LogP contribution in [0.5, 0.6) is 11.5 Å². The molecule has 3 aromatic rings. The zero-order valence-corrected chi connectivity index (χ0v) is 21.5. The Bertz CT molecular complexity index is 1370. The summed E-state index contributed by atoms with van der Waals surface area (Å²) in [6.45, 7) is 3.24. The molecule has 0 spiro atoms. The molecule has 0 aliphatic heterocycles. The summed E-state index contributed by atoms with van der Waals surface area (Å²) in [6.07, 6.45) is 2.16. The highest BCUT2D eigenvalue weighted by Crippen LogP contribution is 2.27. The quantitative estimate of drug-likeness (QED) is 0.462. The van der Waals surface area contributed by atoms with Gasteiger partial charge in [0, 0.05) is 6.26 Å². The maximum atomic E-state index is 13.0. The van der Waals surface area contributed by atoms with Gasteiger partial charge in [0.2, 0.25) is 15.9 Å². The van der Waals surface area contributed by atoms with E-state index in [2.05, 4.69) is 5.32 Å². The van der Waals surface area contributed by atoms with Crippen LogP contribution in [0, 0.1) is 0 Å². The summed E-state index contributed by atoms with van der Waals surface area (Å²) in [4.78, 5) is 13.2. The van der Waals surface area contributed by atoms with Gasteiger partial charge in [0.05, 0.1) is 22.9 Å². The van der Waals surface area contributed by atoms with Crippen LogP contribution in [0.15, 0.2) is 83.8 Å². The molecule has 8 nitrogen and oxygen atoms in total. The normalized spacial score (nSPS) is 13.5. The maximum Gasteiger partial charge on any atom is 0.244 e. The first-order valence-electron chi connectivity index (χ1n) is 10.8. The smallest absolute Gasteiger partial charge is 0.244 e. The summed E-state index contributed by atoms with van der Waals surface area (Å²) >= 11 is 0. The summed E-state index contributed by atoms with van der Waals surface area (Å²) in [7, 11) is -7.12. The third kappa shape index (κ3) is 6.83. The van der Waals surface area contributed by atoms with Crippen LogP contribution in [0.25, 0.3) is 0 Å². The molecule has 0 unspecified atom stereocenters. The van der Waals surface area contributed by atoms with Crippen molar-refractivity contribution in [3.05, 3.63) is 84.4 Å². The zero-order valence-electron chi connectivity index (χ0n) is 19.9. The average molecular weight is 517 g/mol. The Kier molecular flexibility index (Phi) is 7.86. The van der Waals surface area contributed by atoms with E-state index in [1.807, 2.05) is 18.2 Å². The fourth-order valence-electron chi connectivity index (χ4n) is 3.52. The van der Waals surface area contributed by atoms with Gasteiger partial charge < -0.3 is 10.1 Å². The van der Waals surface area contributed by atoms with Gasteiger partial charge in [-0.15, -0.1) is 0 Å². The van der Waals surface area contributed by atoms with Crippen LogP contribution >= 0.6 is 0 Å². The van der Waals surface area contributed by atoms with E-state index in [1.165, 1.54) is 19.1 Å². The number of nitrogens with one attached hydrogen (secondary N) is 1. The van der Waals surface area contributed by atoms with Crippen molar-refractivity contribution in [1.82, 2.24) is 5.32 Å². The number of hydrogen-bond donors (Lipinski definition) is 1. The number of sulfone groups is 1. The molecule has 186 valence electrons. The largest absolute Gasteiger partial charge is 0.457 e. The Morgan fingerprint density at radius 1 is 0.800 bits per heavy atom. The lowest BCUT2D eigenvalue weighted by molar-refractivity contribution is -0.122. The number of nitrogens with zero attached hydrogens (tertiary/aromatic N) is 1. The van der Waals surface area contributed by atoms with Gasteiger partial charge in [0.1, 0.15) is 17.5 Å². The van der Waals surface area contributed by atoms with Gasteiger partial charge in [-0.1, -0.05) is 30.3 Å². The molecule has 0 saturated carbocycles. The van der Waals surface area contributed by atoms with Crippen molar-refractivity contribution < 1.29 is 26.4 Å². The Labute approximate surface area is 206 Å². The Balaban J connectivity index is 1.76. The predicted octanol–water partition coefficient (Wildman–Crippen LogP) is 3.91. The molecule has 0 radical (unpaired) electrons. The molecule has 0 aromatic heterocycles. The van der Waals surface area contributed by atoms with Crippen LogP contribution in [0.4, 0.5) is 5.69 Å². The first kappa shape index (κ1) is 26.2. The maximum absolute atomic E-state index is 13.0. The molecule has 0 bridgehead atoms. The standard InChI is InChI=1S/C25H28N2O6S2/c1-18(20-10-16-24(17-11-20)34(3,29)30)26-25(28)19(2)27(35(4,31)32)21-12-14-23(15-13-21)33-22-8-6-5-7-9-22/h5-19H,1-4H3,(H,26,28)/t18-,19+/m1/s1. The Morgan fingerprint density at radius 2 is 1.34 bits per heavy atom. The van der Waals surface area contributed by atoms with Crippen molar-refractivity contribution in [3.8, 4) is 11.5 Å². The lowest BCUT2D eigenvalue weighted by Crippen LogP contribution is -2.48. The van der Waals surface area contributed by atoms with E-state index in [1.54, 1.807) is 55.5 Å². The summed E-state index contributed by atoms with van der Waals surface area (Å²) in [5.41, 5.74) is 1.01. The van der Waals surface area contributed by atoms with Crippen molar-refractivity contribution in [2.45, 2.75) is 30.8 Å². The molecular formula is C25H28N2O6S2. The SMILES string of the molecule is C[C@@H](NC(=O)[C@H](C)N(c1ccc(Oc2ccccc2)cc1)S(C)(=O)=O)c1ccc(S(C)(=O)=O)cc1. The monoisotopic (exact) mass is 516 g/mol. The lowest BCUT2D eigenvalue weighted by atomic mass is 10.1. The van der Waals surface area contributed by atoms with E-state index in [0.717, 1.165) is 16.8 Å². The minimum Gasteiger partial charge on any atom is -0.457 e. The topological polar surface area (TPSA) is 110 Å². The summed E-state index contributed by atoms with van der Waals surface area (Å²) in [6, 6.07) is 20.3. The van der Waals surface area contributed by atoms with E-state index < -0.39 is 37.9 Å². The molecule has 0 heterocycles. The van der Waals surface area contributed by atoms with Crippen molar-refractivity contribution in [3.63, 3.8) is 0 Å². The van der Waals surface area contributed by atoms with Crippen LogP contribution in [-0.2, 0) is 24.7 Å². The minimum atomic E-state index is -3.79. The highest BCUT2D eigenvalue weighted by Gasteiger charge is 2.30. The van der Waals surface area contributed by atoms with Crippen LogP contribution in [0.2, 0.25) is 0 Å². The lowest BCUT2D eigenvalue weighted by Gasteiger charge is -2.29. The molecule has 1 N–H and O–H groups in total. The van der Waals surface area contributed by atoms with Gasteiger partial charge in [0.15, 0.2) is 9.84 Å². The predicted molar refractivity (Wildman–Crippen MR) is 136 cm³/mol. The summed E-state index contributed by atoms with van der Waals surface area (Å²) in [5.74, 6) is 0.669. The van der Waals surface area contributed by atoms with Gasteiger partial charge in [-0.05, 0) is 67.9 Å². The van der Waals surface area contributed by atoms with Crippen LogP contribution < -0.4 is 14.4 Å². The van der Waals surface area contributed by atoms with E-state index >= 15 is 0 Å². The van der Waals surface area contributed by atoms with Gasteiger partial charge in [0.25, 0.3) is 0 Å². The molecule has 0 aliphatic rings. The number of sulfonamides is 1. The number of amides is 1. The van der Waals surface area contributed by atoms with Gasteiger partial charge in [-0.2, -0.15) is 0 Å². The molecule has 0 aliphatic carbocycles. The number of carbonyl (C=O) groups is 1. The van der Waals surface area contributed by atoms with Gasteiger partial charge >= 0.3 is 0 Å². The van der Waals surface area contributed by atoms with E-state index in [0.29, 0.717) is 22.7 Å². The van der Waals surface area contributed by atoms with E-state index in [4.69, 9.17) is 4.74 Å². The fraction of sp³-hybridized carbons (Fsp3) is 0.240. The molecular weight excluding hydrogens is 488 g/mol.